The molecule has 2 atom stereocenters. The predicted molar refractivity (Wildman–Crippen MR) is 87.0 cm³/mol. The minimum absolute atomic E-state index is 0.0130. The van der Waals surface area contributed by atoms with E-state index >= 15 is 0 Å². The maximum absolute atomic E-state index is 12.4. The van der Waals surface area contributed by atoms with Crippen LogP contribution < -0.4 is 5.32 Å². The molecule has 0 spiro atoms. The molecular weight excluding hydrogens is 310 g/mol. The molecule has 2 unspecified atom stereocenters. The normalized spacial score (nSPS) is 22.8. The van der Waals surface area contributed by atoms with Gasteiger partial charge in [-0.1, -0.05) is 30.3 Å². The van der Waals surface area contributed by atoms with Crippen molar-refractivity contribution in [2.24, 2.45) is 4.99 Å². The molecular formula is C16H19N5O3. The number of fused-ring (bicyclic) bond motifs is 1. The zero-order chi connectivity index (χ0) is 17.3. The summed E-state index contributed by atoms with van der Waals surface area (Å²) in [6.07, 6.45) is 0.890. The van der Waals surface area contributed by atoms with Crippen LogP contribution >= 0.6 is 0 Å². The molecule has 0 saturated carbocycles. The Labute approximate surface area is 139 Å². The van der Waals surface area contributed by atoms with Gasteiger partial charge >= 0.3 is 6.03 Å². The van der Waals surface area contributed by atoms with E-state index in [2.05, 4.69) is 10.3 Å². The summed E-state index contributed by atoms with van der Waals surface area (Å²) >= 11 is 0. The van der Waals surface area contributed by atoms with Gasteiger partial charge in [-0.3, -0.25) is 14.5 Å². The van der Waals surface area contributed by atoms with Crippen LogP contribution in [-0.2, 0) is 16.1 Å². The van der Waals surface area contributed by atoms with Gasteiger partial charge in [0.25, 0.3) is 5.91 Å². The highest BCUT2D eigenvalue weighted by molar-refractivity contribution is 6.02. The molecule has 8 nitrogen and oxygen atoms in total. The summed E-state index contributed by atoms with van der Waals surface area (Å²) in [5, 5.41) is 2.82. The third kappa shape index (κ3) is 2.82. The van der Waals surface area contributed by atoms with Crippen LogP contribution in [0.5, 0.6) is 0 Å². The highest BCUT2D eigenvalue weighted by atomic mass is 16.2. The Morgan fingerprint density at radius 2 is 1.92 bits per heavy atom. The van der Waals surface area contributed by atoms with E-state index in [0.29, 0.717) is 6.54 Å². The summed E-state index contributed by atoms with van der Waals surface area (Å²) in [5.74, 6) is -0.558. The van der Waals surface area contributed by atoms with E-state index in [0.717, 1.165) is 10.5 Å². The van der Waals surface area contributed by atoms with Gasteiger partial charge in [-0.25, -0.2) is 9.79 Å². The SMILES string of the molecule is CN1C(=O)C2C(N=CN2CC(=O)NCc2ccccc2)N(C)C1=O. The van der Waals surface area contributed by atoms with Crippen molar-refractivity contribution in [1.82, 2.24) is 20.0 Å². The van der Waals surface area contributed by atoms with Gasteiger partial charge in [0.15, 0.2) is 12.2 Å². The van der Waals surface area contributed by atoms with Crippen LogP contribution in [-0.4, -0.2) is 71.7 Å². The van der Waals surface area contributed by atoms with E-state index in [1.165, 1.54) is 18.3 Å². The van der Waals surface area contributed by atoms with Crippen LogP contribution in [0.1, 0.15) is 5.56 Å². The first-order valence-corrected chi connectivity index (χ1v) is 7.63. The summed E-state index contributed by atoms with van der Waals surface area (Å²) in [6, 6.07) is 8.52. The van der Waals surface area contributed by atoms with E-state index in [4.69, 9.17) is 0 Å². The largest absolute Gasteiger partial charge is 0.350 e. The van der Waals surface area contributed by atoms with Gasteiger partial charge in [-0.15, -0.1) is 0 Å². The molecule has 24 heavy (non-hydrogen) atoms. The lowest BCUT2D eigenvalue weighted by molar-refractivity contribution is -0.136. The fourth-order valence-electron chi connectivity index (χ4n) is 2.86. The van der Waals surface area contributed by atoms with Crippen LogP contribution in [0.4, 0.5) is 4.79 Å². The molecule has 4 amide bonds. The number of benzene rings is 1. The Kier molecular flexibility index (Phi) is 4.20. The van der Waals surface area contributed by atoms with E-state index in [1.54, 1.807) is 11.9 Å². The monoisotopic (exact) mass is 329 g/mol. The second-order valence-electron chi connectivity index (χ2n) is 5.85. The average Bonchev–Trinajstić information content (AvgIpc) is 3.01. The number of urea groups is 1. The Morgan fingerprint density at radius 1 is 1.21 bits per heavy atom. The van der Waals surface area contributed by atoms with E-state index < -0.39 is 18.2 Å². The minimum atomic E-state index is -0.653. The Balaban J connectivity index is 1.61. The van der Waals surface area contributed by atoms with Crippen molar-refractivity contribution >= 4 is 24.2 Å². The molecule has 126 valence electrons. The van der Waals surface area contributed by atoms with Gasteiger partial charge in [0.1, 0.15) is 0 Å². The third-order valence-electron chi connectivity index (χ3n) is 4.24. The molecule has 2 aliphatic heterocycles. The first-order chi connectivity index (χ1) is 11.5. The Morgan fingerprint density at radius 3 is 2.62 bits per heavy atom. The second-order valence-corrected chi connectivity index (χ2v) is 5.85. The molecule has 0 aliphatic carbocycles. The number of hydrogen-bond donors (Lipinski definition) is 1. The van der Waals surface area contributed by atoms with Crippen LogP contribution in [0.2, 0.25) is 0 Å². The summed E-state index contributed by atoms with van der Waals surface area (Å²) < 4.78 is 0. The van der Waals surface area contributed by atoms with E-state index in [-0.39, 0.29) is 18.4 Å². The lowest BCUT2D eigenvalue weighted by Gasteiger charge is -2.39. The Bertz CT molecular complexity index is 690. The van der Waals surface area contributed by atoms with Crippen molar-refractivity contribution in [1.29, 1.82) is 0 Å². The van der Waals surface area contributed by atoms with Gasteiger partial charge in [0.05, 0.1) is 12.9 Å². The number of amides is 4. The standard InChI is InChI=1S/C16H19N5O3/c1-19-14-13(15(23)20(2)16(19)24)21(10-18-14)9-12(22)17-8-11-6-4-3-5-7-11/h3-7,10,13-14H,8-9H2,1-2H3,(H,17,22). The van der Waals surface area contributed by atoms with Crippen molar-refractivity contribution in [3.8, 4) is 0 Å². The molecule has 1 N–H and O–H groups in total. The number of aliphatic imine (C=N–C) groups is 1. The number of nitrogens with zero attached hydrogens (tertiary/aromatic N) is 4. The van der Waals surface area contributed by atoms with Crippen LogP contribution in [0.15, 0.2) is 35.3 Å². The first kappa shape index (κ1) is 16.0. The lowest BCUT2D eigenvalue weighted by Crippen LogP contribution is -2.64. The van der Waals surface area contributed by atoms with Crippen molar-refractivity contribution < 1.29 is 14.4 Å². The van der Waals surface area contributed by atoms with Gasteiger partial charge in [0, 0.05) is 20.6 Å². The molecule has 1 saturated heterocycles. The highest BCUT2D eigenvalue weighted by Gasteiger charge is 2.48. The number of imide groups is 1. The highest BCUT2D eigenvalue weighted by Crippen LogP contribution is 2.24. The topological polar surface area (TPSA) is 85.3 Å². The smallest absolute Gasteiger partial charge is 0.328 e. The maximum atomic E-state index is 12.4. The number of likely N-dealkylation sites (N-methyl/N-ethyl adjacent to an activating group) is 2. The molecule has 1 aromatic rings. The summed E-state index contributed by atoms with van der Waals surface area (Å²) in [4.78, 5) is 44.7. The molecule has 0 aromatic heterocycles. The summed E-state index contributed by atoms with van der Waals surface area (Å²) in [5.41, 5.74) is 0.998. The average molecular weight is 329 g/mol. The van der Waals surface area contributed by atoms with Crippen LogP contribution in [0.25, 0.3) is 0 Å². The van der Waals surface area contributed by atoms with Gasteiger partial charge in [0.2, 0.25) is 5.91 Å². The summed E-state index contributed by atoms with van der Waals surface area (Å²) in [6.45, 7) is 0.435. The Hall–Kier alpha value is -2.90. The molecule has 1 aromatic carbocycles. The number of hydrogen-bond acceptors (Lipinski definition) is 5. The fraction of sp³-hybridized carbons (Fsp3) is 0.375. The maximum Gasteiger partial charge on any atom is 0.328 e. The molecule has 0 bridgehead atoms. The lowest BCUT2D eigenvalue weighted by atomic mass is 10.1. The van der Waals surface area contributed by atoms with Crippen molar-refractivity contribution in [3.05, 3.63) is 35.9 Å². The quantitative estimate of drug-likeness (QED) is 0.833. The molecule has 2 aliphatic rings. The van der Waals surface area contributed by atoms with Crippen molar-refractivity contribution in [2.45, 2.75) is 18.8 Å². The van der Waals surface area contributed by atoms with Crippen LogP contribution in [0, 0.1) is 0 Å². The second kappa shape index (κ2) is 6.31. The molecule has 8 heteroatoms. The van der Waals surface area contributed by atoms with Crippen molar-refractivity contribution in [2.75, 3.05) is 20.6 Å². The molecule has 0 radical (unpaired) electrons. The van der Waals surface area contributed by atoms with Crippen LogP contribution in [0.3, 0.4) is 0 Å². The number of carbonyl (C=O) groups is 3. The molecule has 3 rings (SSSR count). The van der Waals surface area contributed by atoms with E-state index in [9.17, 15) is 14.4 Å². The number of rotatable bonds is 4. The molecule has 2 heterocycles. The van der Waals surface area contributed by atoms with Gasteiger partial charge in [-0.2, -0.15) is 0 Å². The van der Waals surface area contributed by atoms with Gasteiger partial charge in [-0.05, 0) is 5.56 Å². The first-order valence-electron chi connectivity index (χ1n) is 7.63. The van der Waals surface area contributed by atoms with E-state index in [1.807, 2.05) is 30.3 Å². The van der Waals surface area contributed by atoms with Crippen molar-refractivity contribution in [3.63, 3.8) is 0 Å². The fourth-order valence-corrected chi connectivity index (χ4v) is 2.86. The third-order valence-corrected chi connectivity index (χ3v) is 4.24. The summed E-state index contributed by atoms with van der Waals surface area (Å²) in [7, 11) is 3.03. The van der Waals surface area contributed by atoms with Gasteiger partial charge < -0.3 is 15.1 Å². The zero-order valence-corrected chi connectivity index (χ0v) is 13.5. The molecule has 1 fully saturated rings. The minimum Gasteiger partial charge on any atom is -0.350 e. The number of carbonyl (C=O) groups excluding carboxylic acids is 3. The predicted octanol–water partition coefficient (Wildman–Crippen LogP) is -0.135. The number of nitrogens with one attached hydrogen (secondary N) is 1. The zero-order valence-electron chi connectivity index (χ0n) is 13.5.